The summed E-state index contributed by atoms with van der Waals surface area (Å²) in [6, 6.07) is 6.97. The number of carbonyl (C=O) groups is 2. The van der Waals surface area contributed by atoms with E-state index < -0.39 is 11.9 Å². The second-order valence-corrected chi connectivity index (χ2v) is 3.93. The van der Waals surface area contributed by atoms with E-state index in [9.17, 15) is 14.7 Å². The summed E-state index contributed by atoms with van der Waals surface area (Å²) in [4.78, 5) is 23.9. The third-order valence-corrected chi connectivity index (χ3v) is 2.82. The minimum absolute atomic E-state index is 0.000453. The second-order valence-electron chi connectivity index (χ2n) is 3.93. The minimum atomic E-state index is -1.18. The van der Waals surface area contributed by atoms with Crippen molar-refractivity contribution in [1.82, 2.24) is 0 Å². The van der Waals surface area contributed by atoms with E-state index in [4.69, 9.17) is 4.74 Å². The number of rotatable bonds is 3. The molecule has 17 heavy (non-hydrogen) atoms. The van der Waals surface area contributed by atoms with E-state index in [1.54, 1.807) is 24.3 Å². The summed E-state index contributed by atoms with van der Waals surface area (Å²) in [6.07, 6.45) is -0.000453. The minimum Gasteiger partial charge on any atom is -0.550 e. The largest absolute Gasteiger partial charge is 0.550 e. The molecule has 2 rings (SSSR count). The Bertz CT molecular complexity index is 458. The van der Waals surface area contributed by atoms with Crippen molar-refractivity contribution in [3.05, 3.63) is 24.3 Å². The molecule has 1 aromatic carbocycles. The summed E-state index contributed by atoms with van der Waals surface area (Å²) in [5.74, 6) is -1.47. The predicted octanol–water partition coefficient (Wildman–Crippen LogP) is -0.202. The van der Waals surface area contributed by atoms with Gasteiger partial charge in [-0.15, -0.1) is 0 Å². The number of hydrogen-bond acceptors (Lipinski definition) is 4. The average molecular weight is 234 g/mol. The molecule has 0 aliphatic carbocycles. The van der Waals surface area contributed by atoms with E-state index in [-0.39, 0.29) is 18.9 Å². The number of anilines is 1. The number of methoxy groups -OCH3 is 1. The van der Waals surface area contributed by atoms with E-state index in [1.165, 1.54) is 12.0 Å². The normalized spacial score (nSPS) is 19.5. The van der Waals surface area contributed by atoms with Gasteiger partial charge in [-0.1, -0.05) is 6.07 Å². The third-order valence-electron chi connectivity index (χ3n) is 2.82. The molecule has 1 fully saturated rings. The number of ether oxygens (including phenoxy) is 1. The molecular formula is C12H12NO4-. The molecule has 1 saturated heterocycles. The molecule has 1 heterocycles. The smallest absolute Gasteiger partial charge is 0.227 e. The van der Waals surface area contributed by atoms with Gasteiger partial charge in [-0.3, -0.25) is 4.79 Å². The van der Waals surface area contributed by atoms with Gasteiger partial charge in [-0.05, 0) is 12.1 Å². The van der Waals surface area contributed by atoms with Crippen LogP contribution in [-0.4, -0.2) is 25.5 Å². The van der Waals surface area contributed by atoms with Gasteiger partial charge in [0.1, 0.15) is 5.75 Å². The summed E-state index contributed by atoms with van der Waals surface area (Å²) in [5.41, 5.74) is 0.651. The highest BCUT2D eigenvalue weighted by molar-refractivity contribution is 5.99. The summed E-state index contributed by atoms with van der Waals surface area (Å²) in [5, 5.41) is 10.7. The van der Waals surface area contributed by atoms with Crippen molar-refractivity contribution in [2.24, 2.45) is 5.92 Å². The molecule has 5 heteroatoms. The van der Waals surface area contributed by atoms with E-state index in [0.29, 0.717) is 11.4 Å². The Kier molecular flexibility index (Phi) is 2.99. The van der Waals surface area contributed by atoms with Crippen LogP contribution in [0.3, 0.4) is 0 Å². The summed E-state index contributed by atoms with van der Waals surface area (Å²) >= 11 is 0. The highest BCUT2D eigenvalue weighted by atomic mass is 16.5. The molecule has 0 saturated carbocycles. The Morgan fingerprint density at radius 2 is 2.29 bits per heavy atom. The standard InChI is InChI=1S/C12H13NO4/c1-17-10-4-2-3-9(6-10)13-7-8(12(15)16)5-11(13)14/h2-4,6,8H,5,7H2,1H3,(H,15,16)/p-1. The zero-order valence-corrected chi connectivity index (χ0v) is 9.38. The van der Waals surface area contributed by atoms with Gasteiger partial charge in [0.15, 0.2) is 0 Å². The maximum absolute atomic E-state index is 11.7. The maximum Gasteiger partial charge on any atom is 0.227 e. The van der Waals surface area contributed by atoms with E-state index in [2.05, 4.69) is 0 Å². The van der Waals surface area contributed by atoms with Crippen LogP contribution in [0.1, 0.15) is 6.42 Å². The van der Waals surface area contributed by atoms with Crippen molar-refractivity contribution < 1.29 is 19.4 Å². The van der Waals surface area contributed by atoms with Crippen LogP contribution in [0.25, 0.3) is 0 Å². The van der Waals surface area contributed by atoms with Gasteiger partial charge in [-0.25, -0.2) is 0 Å². The zero-order chi connectivity index (χ0) is 12.4. The fourth-order valence-electron chi connectivity index (χ4n) is 1.89. The first-order chi connectivity index (χ1) is 8.11. The van der Waals surface area contributed by atoms with Crippen LogP contribution in [0, 0.1) is 5.92 Å². The van der Waals surface area contributed by atoms with Crippen LogP contribution in [0.5, 0.6) is 5.75 Å². The van der Waals surface area contributed by atoms with Crippen LogP contribution in [0.2, 0.25) is 0 Å². The molecule has 1 aromatic rings. The van der Waals surface area contributed by atoms with Crippen LogP contribution >= 0.6 is 0 Å². The Morgan fingerprint density at radius 3 is 2.88 bits per heavy atom. The molecule has 0 bridgehead atoms. The second kappa shape index (κ2) is 4.45. The van der Waals surface area contributed by atoms with Crippen LogP contribution in [0.4, 0.5) is 5.69 Å². The number of carboxylic acids is 1. The van der Waals surface area contributed by atoms with Gasteiger partial charge in [0.25, 0.3) is 0 Å². The fourth-order valence-corrected chi connectivity index (χ4v) is 1.89. The van der Waals surface area contributed by atoms with Crippen molar-refractivity contribution in [3.8, 4) is 5.75 Å². The topological polar surface area (TPSA) is 69.7 Å². The highest BCUT2D eigenvalue weighted by Crippen LogP contribution is 2.27. The molecule has 5 nitrogen and oxygen atoms in total. The molecule has 90 valence electrons. The lowest BCUT2D eigenvalue weighted by molar-refractivity contribution is -0.310. The van der Waals surface area contributed by atoms with Crippen molar-refractivity contribution in [2.75, 3.05) is 18.6 Å². The van der Waals surface area contributed by atoms with Crippen LogP contribution in [0.15, 0.2) is 24.3 Å². The van der Waals surface area contributed by atoms with Gasteiger partial charge in [0.05, 0.1) is 7.11 Å². The van der Waals surface area contributed by atoms with Gasteiger partial charge in [0.2, 0.25) is 5.91 Å². The van der Waals surface area contributed by atoms with E-state index >= 15 is 0 Å². The molecule has 1 aliphatic rings. The number of benzene rings is 1. The number of carbonyl (C=O) groups excluding carboxylic acids is 2. The first-order valence-corrected chi connectivity index (χ1v) is 5.27. The molecule has 1 unspecified atom stereocenters. The monoisotopic (exact) mass is 234 g/mol. The fraction of sp³-hybridized carbons (Fsp3) is 0.333. The van der Waals surface area contributed by atoms with Crippen molar-refractivity contribution in [3.63, 3.8) is 0 Å². The summed E-state index contributed by atoms with van der Waals surface area (Å²) in [7, 11) is 1.54. The highest BCUT2D eigenvalue weighted by Gasteiger charge is 2.31. The molecular weight excluding hydrogens is 222 g/mol. The summed E-state index contributed by atoms with van der Waals surface area (Å²) in [6.45, 7) is 0.161. The Labute approximate surface area is 98.6 Å². The maximum atomic E-state index is 11.7. The summed E-state index contributed by atoms with van der Waals surface area (Å²) < 4.78 is 5.06. The van der Waals surface area contributed by atoms with Gasteiger partial charge >= 0.3 is 0 Å². The third kappa shape index (κ3) is 2.22. The Morgan fingerprint density at radius 1 is 1.53 bits per heavy atom. The SMILES string of the molecule is COc1cccc(N2CC(C(=O)[O-])CC2=O)c1. The van der Waals surface area contributed by atoms with Crippen molar-refractivity contribution in [2.45, 2.75) is 6.42 Å². The van der Waals surface area contributed by atoms with Gasteiger partial charge in [0, 0.05) is 36.6 Å². The van der Waals surface area contributed by atoms with Crippen LogP contribution in [-0.2, 0) is 9.59 Å². The van der Waals surface area contributed by atoms with Crippen molar-refractivity contribution in [1.29, 1.82) is 0 Å². The molecule has 0 aromatic heterocycles. The number of amides is 1. The quantitative estimate of drug-likeness (QED) is 0.726. The predicted molar refractivity (Wildman–Crippen MR) is 58.5 cm³/mol. The lowest BCUT2D eigenvalue weighted by atomic mass is 10.1. The van der Waals surface area contributed by atoms with Gasteiger partial charge < -0.3 is 19.5 Å². The lowest BCUT2D eigenvalue weighted by Crippen LogP contribution is -2.33. The van der Waals surface area contributed by atoms with Gasteiger partial charge in [-0.2, -0.15) is 0 Å². The lowest BCUT2D eigenvalue weighted by Gasteiger charge is -2.17. The van der Waals surface area contributed by atoms with E-state index in [1.807, 2.05) is 0 Å². The number of aliphatic carboxylic acids is 1. The number of carboxylic acid groups (broad SMARTS) is 1. The zero-order valence-electron chi connectivity index (χ0n) is 9.38. The molecule has 1 atom stereocenters. The van der Waals surface area contributed by atoms with Crippen molar-refractivity contribution >= 4 is 17.6 Å². The van der Waals surface area contributed by atoms with E-state index in [0.717, 1.165) is 0 Å². The first-order valence-electron chi connectivity index (χ1n) is 5.27. The molecule has 0 spiro atoms. The molecule has 0 N–H and O–H groups in total. The molecule has 0 radical (unpaired) electrons. The average Bonchev–Trinajstić information content (AvgIpc) is 2.72. The number of nitrogens with zero attached hydrogens (tertiary/aromatic N) is 1. The van der Waals surface area contributed by atoms with Crippen LogP contribution < -0.4 is 14.7 Å². The Hall–Kier alpha value is -2.04. The first kappa shape index (κ1) is 11.4. The molecule has 1 amide bonds. The molecule has 1 aliphatic heterocycles. The Balaban J connectivity index is 2.22. The number of hydrogen-bond donors (Lipinski definition) is 0.